The van der Waals surface area contributed by atoms with E-state index < -0.39 is 23.6 Å². The summed E-state index contributed by atoms with van der Waals surface area (Å²) < 4.78 is 56.8. The van der Waals surface area contributed by atoms with Crippen LogP contribution in [0, 0.1) is 17.1 Å². The number of hydrogen-bond acceptors (Lipinski definition) is 3. The fraction of sp³-hybridized carbons (Fsp3) is 0.0769. The lowest BCUT2D eigenvalue weighted by atomic mass is 10.2. The van der Waals surface area contributed by atoms with E-state index in [0.717, 1.165) is 12.1 Å². The van der Waals surface area contributed by atoms with Crippen molar-refractivity contribution >= 4 is 15.9 Å². The summed E-state index contributed by atoms with van der Waals surface area (Å²) in [7, 11) is 0. The van der Waals surface area contributed by atoms with E-state index in [1.54, 1.807) is 6.07 Å². The fourth-order valence-corrected chi connectivity index (χ4v) is 1.76. The molecule has 0 bridgehead atoms. The summed E-state index contributed by atoms with van der Waals surface area (Å²) in [6.07, 6.45) is -4.69. The Kier molecular flexibility index (Phi) is 4.14. The van der Waals surface area contributed by atoms with E-state index in [1.165, 1.54) is 12.1 Å². The third-order valence-electron chi connectivity index (χ3n) is 2.37. The SMILES string of the molecule is N#Cc1ccc(C(F)(F)F)nc1Oc1cc(Br)ccc1F. The highest BCUT2D eigenvalue weighted by Crippen LogP contribution is 2.33. The molecule has 0 unspecified atom stereocenters. The van der Waals surface area contributed by atoms with Crippen LogP contribution >= 0.6 is 15.9 Å². The molecular weight excluding hydrogens is 356 g/mol. The van der Waals surface area contributed by atoms with Crippen LogP contribution < -0.4 is 4.74 Å². The van der Waals surface area contributed by atoms with Crippen LogP contribution in [0.25, 0.3) is 0 Å². The van der Waals surface area contributed by atoms with Gasteiger partial charge in [0.05, 0.1) is 0 Å². The van der Waals surface area contributed by atoms with Gasteiger partial charge in [-0.1, -0.05) is 15.9 Å². The lowest BCUT2D eigenvalue weighted by molar-refractivity contribution is -0.141. The van der Waals surface area contributed by atoms with Gasteiger partial charge in [0.1, 0.15) is 17.3 Å². The summed E-state index contributed by atoms with van der Waals surface area (Å²) in [6.45, 7) is 0. The zero-order chi connectivity index (χ0) is 15.6. The molecule has 0 atom stereocenters. The summed E-state index contributed by atoms with van der Waals surface area (Å²) in [5.74, 6) is -1.74. The molecule has 0 amide bonds. The van der Waals surface area contributed by atoms with Gasteiger partial charge in [-0.3, -0.25) is 0 Å². The molecule has 3 nitrogen and oxygen atoms in total. The molecule has 21 heavy (non-hydrogen) atoms. The van der Waals surface area contributed by atoms with Crippen LogP contribution in [0.5, 0.6) is 11.6 Å². The third kappa shape index (κ3) is 3.49. The highest BCUT2D eigenvalue weighted by atomic mass is 79.9. The molecule has 0 aliphatic heterocycles. The highest BCUT2D eigenvalue weighted by Gasteiger charge is 2.33. The molecule has 0 fully saturated rings. The topological polar surface area (TPSA) is 45.9 Å². The van der Waals surface area contributed by atoms with Crippen molar-refractivity contribution in [2.24, 2.45) is 0 Å². The van der Waals surface area contributed by atoms with Crippen molar-refractivity contribution in [2.45, 2.75) is 6.18 Å². The predicted molar refractivity (Wildman–Crippen MR) is 68.1 cm³/mol. The van der Waals surface area contributed by atoms with E-state index in [2.05, 4.69) is 20.9 Å². The Balaban J connectivity index is 2.47. The fourth-order valence-electron chi connectivity index (χ4n) is 1.42. The van der Waals surface area contributed by atoms with E-state index >= 15 is 0 Å². The maximum absolute atomic E-state index is 13.5. The average molecular weight is 361 g/mol. The zero-order valence-electron chi connectivity index (χ0n) is 10.1. The minimum absolute atomic E-state index is 0.234. The Morgan fingerprint density at radius 3 is 2.52 bits per heavy atom. The molecule has 0 radical (unpaired) electrons. The van der Waals surface area contributed by atoms with Gasteiger partial charge in [0, 0.05) is 4.47 Å². The number of alkyl halides is 3. The highest BCUT2D eigenvalue weighted by molar-refractivity contribution is 9.10. The van der Waals surface area contributed by atoms with Gasteiger partial charge in [-0.05, 0) is 30.3 Å². The Labute approximate surface area is 124 Å². The summed E-state index contributed by atoms with van der Waals surface area (Å²) in [6, 6.07) is 6.90. The quantitative estimate of drug-likeness (QED) is 0.731. The summed E-state index contributed by atoms with van der Waals surface area (Å²) in [5, 5.41) is 8.86. The molecule has 8 heteroatoms. The number of ether oxygens (including phenoxy) is 1. The molecule has 1 aromatic heterocycles. The molecule has 0 aliphatic rings. The molecule has 1 aromatic carbocycles. The summed E-state index contributed by atoms with van der Waals surface area (Å²) in [4.78, 5) is 3.23. The first-order valence-electron chi connectivity index (χ1n) is 5.42. The summed E-state index contributed by atoms with van der Waals surface area (Å²) >= 11 is 3.08. The predicted octanol–water partition coefficient (Wildman–Crippen LogP) is 4.67. The largest absolute Gasteiger partial charge is 0.435 e. The number of pyridine rings is 1. The number of halogens is 5. The van der Waals surface area contributed by atoms with Gasteiger partial charge in [-0.15, -0.1) is 0 Å². The molecule has 0 N–H and O–H groups in total. The van der Waals surface area contributed by atoms with Crippen molar-refractivity contribution in [1.82, 2.24) is 4.98 Å². The monoisotopic (exact) mass is 360 g/mol. The normalized spacial score (nSPS) is 11.0. The number of nitriles is 1. The Morgan fingerprint density at radius 2 is 1.90 bits per heavy atom. The van der Waals surface area contributed by atoms with Crippen LogP contribution in [0.15, 0.2) is 34.8 Å². The standard InChI is InChI=1S/C13H5BrF4N2O/c14-8-2-3-9(15)10(5-8)21-12-7(6-19)1-4-11(20-12)13(16,17)18/h1-5H. The van der Waals surface area contributed by atoms with E-state index in [4.69, 9.17) is 10.00 Å². The van der Waals surface area contributed by atoms with Crippen LogP contribution in [-0.4, -0.2) is 4.98 Å². The van der Waals surface area contributed by atoms with E-state index in [-0.39, 0.29) is 11.3 Å². The van der Waals surface area contributed by atoms with Gasteiger partial charge in [-0.2, -0.15) is 18.4 Å². The molecule has 2 rings (SSSR count). The number of rotatable bonds is 2. The molecule has 0 saturated carbocycles. The molecule has 2 aromatic rings. The van der Waals surface area contributed by atoms with Crippen molar-refractivity contribution in [2.75, 3.05) is 0 Å². The average Bonchev–Trinajstić information content (AvgIpc) is 2.42. The number of nitrogens with zero attached hydrogens (tertiary/aromatic N) is 2. The first kappa shape index (κ1) is 15.3. The lowest BCUT2D eigenvalue weighted by Gasteiger charge is -2.11. The first-order chi connectivity index (χ1) is 9.81. The first-order valence-corrected chi connectivity index (χ1v) is 6.22. The third-order valence-corrected chi connectivity index (χ3v) is 2.86. The maximum Gasteiger partial charge on any atom is 0.433 e. The second kappa shape index (κ2) is 5.69. The van der Waals surface area contributed by atoms with Crippen molar-refractivity contribution < 1.29 is 22.3 Å². The lowest BCUT2D eigenvalue weighted by Crippen LogP contribution is -2.09. The van der Waals surface area contributed by atoms with Crippen LogP contribution in [-0.2, 0) is 6.18 Å². The molecule has 0 aliphatic carbocycles. The van der Waals surface area contributed by atoms with Gasteiger partial charge < -0.3 is 4.74 Å². The van der Waals surface area contributed by atoms with Crippen molar-refractivity contribution in [3.63, 3.8) is 0 Å². The molecule has 0 saturated heterocycles. The van der Waals surface area contributed by atoms with Gasteiger partial charge >= 0.3 is 6.18 Å². The van der Waals surface area contributed by atoms with E-state index in [9.17, 15) is 17.6 Å². The minimum Gasteiger partial charge on any atom is -0.435 e. The Morgan fingerprint density at radius 1 is 1.19 bits per heavy atom. The number of benzene rings is 1. The van der Waals surface area contributed by atoms with Crippen LogP contribution in [0.4, 0.5) is 17.6 Å². The maximum atomic E-state index is 13.5. The van der Waals surface area contributed by atoms with Crippen LogP contribution in [0.1, 0.15) is 11.3 Å². The van der Waals surface area contributed by atoms with E-state index in [1.807, 2.05) is 0 Å². The Bertz CT molecular complexity index is 725. The van der Waals surface area contributed by atoms with Crippen molar-refractivity contribution in [3.8, 4) is 17.7 Å². The van der Waals surface area contributed by atoms with Crippen molar-refractivity contribution in [1.29, 1.82) is 5.26 Å². The van der Waals surface area contributed by atoms with Gasteiger partial charge in [-0.25, -0.2) is 9.37 Å². The number of hydrogen-bond donors (Lipinski definition) is 0. The molecule has 108 valence electrons. The Hall–Kier alpha value is -2.14. The molecular formula is C13H5BrF4N2O. The van der Waals surface area contributed by atoms with Gasteiger partial charge in [0.25, 0.3) is 0 Å². The smallest absolute Gasteiger partial charge is 0.433 e. The second-order valence-electron chi connectivity index (χ2n) is 3.84. The van der Waals surface area contributed by atoms with Crippen molar-refractivity contribution in [3.05, 3.63) is 51.9 Å². The van der Waals surface area contributed by atoms with Gasteiger partial charge in [0.15, 0.2) is 11.6 Å². The summed E-state index contributed by atoms with van der Waals surface area (Å²) in [5.41, 5.74) is -1.46. The van der Waals surface area contributed by atoms with E-state index in [0.29, 0.717) is 10.5 Å². The molecule has 1 heterocycles. The molecule has 0 spiro atoms. The van der Waals surface area contributed by atoms with Crippen LogP contribution in [0.3, 0.4) is 0 Å². The van der Waals surface area contributed by atoms with Gasteiger partial charge in [0.2, 0.25) is 5.88 Å². The number of aromatic nitrogens is 1. The minimum atomic E-state index is -4.69. The zero-order valence-corrected chi connectivity index (χ0v) is 11.7. The second-order valence-corrected chi connectivity index (χ2v) is 4.75. The van der Waals surface area contributed by atoms with Crippen LogP contribution in [0.2, 0.25) is 0 Å².